The molecule has 1 aliphatic rings. The van der Waals surface area contributed by atoms with Crippen LogP contribution >= 0.6 is 0 Å². The molecule has 0 saturated carbocycles. The zero-order chi connectivity index (χ0) is 15.2. The average Bonchev–Trinajstić information content (AvgIpc) is 2.71. The van der Waals surface area contributed by atoms with Crippen molar-refractivity contribution < 1.29 is 19.0 Å². The lowest BCUT2D eigenvalue weighted by molar-refractivity contribution is -0.155. The molecule has 0 bridgehead atoms. The van der Waals surface area contributed by atoms with E-state index in [1.165, 1.54) is 6.08 Å². The van der Waals surface area contributed by atoms with Crippen LogP contribution in [0.1, 0.15) is 13.8 Å². The van der Waals surface area contributed by atoms with Gasteiger partial charge in [-0.05, 0) is 32.2 Å². The highest BCUT2D eigenvalue weighted by Crippen LogP contribution is 2.22. The lowest BCUT2D eigenvalue weighted by atomic mass is 10.2. The Morgan fingerprint density at radius 3 is 2.75 bits per heavy atom. The molecule has 0 aromatic heterocycles. The van der Waals surface area contributed by atoms with Gasteiger partial charge in [0.1, 0.15) is 24.4 Å². The third-order valence-electron chi connectivity index (χ3n) is 2.46. The molecule has 1 fully saturated rings. The molecule has 1 atom stereocenters. The van der Waals surface area contributed by atoms with Crippen molar-refractivity contribution in [3.63, 3.8) is 0 Å². The van der Waals surface area contributed by atoms with E-state index in [0.717, 1.165) is 0 Å². The summed E-state index contributed by atoms with van der Waals surface area (Å²) in [5, 5.41) is 8.91. The van der Waals surface area contributed by atoms with E-state index in [2.05, 4.69) is 0 Å². The molecule has 20 heavy (non-hydrogen) atoms. The van der Waals surface area contributed by atoms with Crippen molar-refractivity contribution in [1.29, 1.82) is 5.26 Å². The third kappa shape index (κ3) is 5.43. The Balaban J connectivity index is 2.47. The van der Waals surface area contributed by atoms with Gasteiger partial charge in [-0.15, -0.1) is 0 Å². The van der Waals surface area contributed by atoms with Gasteiger partial charge in [0.25, 0.3) is 0 Å². The topological polar surface area (TPSA) is 71.8 Å². The molecule has 0 spiro atoms. The summed E-state index contributed by atoms with van der Waals surface area (Å²) in [4.78, 5) is 13.5. The lowest BCUT2D eigenvalue weighted by Crippen LogP contribution is -2.25. The van der Waals surface area contributed by atoms with Crippen molar-refractivity contribution >= 4 is 5.97 Å². The fourth-order valence-corrected chi connectivity index (χ4v) is 1.55. The molecular formula is C14H20N2O4. The van der Waals surface area contributed by atoms with E-state index >= 15 is 0 Å². The fourth-order valence-electron chi connectivity index (χ4n) is 1.55. The predicted octanol–water partition coefficient (Wildman–Crippen LogP) is 1.21. The normalized spacial score (nSPS) is 21.8. The molecule has 0 N–H and O–H groups in total. The second-order valence-corrected chi connectivity index (χ2v) is 5.05. The van der Waals surface area contributed by atoms with Crippen molar-refractivity contribution in [2.24, 2.45) is 0 Å². The Bertz CT molecular complexity index is 447. The number of carbonyl (C=O) groups is 1. The SMILES string of the molecule is CN(C)/C=C/C=C(\C#N)C(=O)OCC1COC(C)(C)O1. The van der Waals surface area contributed by atoms with Crippen molar-refractivity contribution in [2.75, 3.05) is 27.3 Å². The number of carbonyl (C=O) groups excluding carboxylic acids is 1. The van der Waals surface area contributed by atoms with Crippen molar-refractivity contribution in [3.05, 3.63) is 23.9 Å². The van der Waals surface area contributed by atoms with Crippen LogP contribution in [0.15, 0.2) is 23.9 Å². The number of nitriles is 1. The molecule has 0 amide bonds. The number of nitrogens with zero attached hydrogens (tertiary/aromatic N) is 2. The van der Waals surface area contributed by atoms with E-state index in [4.69, 9.17) is 19.5 Å². The zero-order valence-corrected chi connectivity index (χ0v) is 12.3. The van der Waals surface area contributed by atoms with Crippen molar-refractivity contribution in [2.45, 2.75) is 25.7 Å². The van der Waals surface area contributed by atoms with Crippen LogP contribution < -0.4 is 0 Å². The summed E-state index contributed by atoms with van der Waals surface area (Å²) in [5.74, 6) is -1.32. The first-order valence-electron chi connectivity index (χ1n) is 6.28. The summed E-state index contributed by atoms with van der Waals surface area (Å²) in [6.07, 6.45) is 4.45. The maximum atomic E-state index is 11.7. The number of hydrogen-bond acceptors (Lipinski definition) is 6. The van der Waals surface area contributed by atoms with Gasteiger partial charge in [-0.1, -0.05) is 0 Å². The minimum atomic E-state index is -0.663. The lowest BCUT2D eigenvalue weighted by Gasteiger charge is -2.16. The summed E-state index contributed by atoms with van der Waals surface area (Å²) in [6.45, 7) is 4.02. The summed E-state index contributed by atoms with van der Waals surface area (Å²) in [6, 6.07) is 1.81. The average molecular weight is 280 g/mol. The maximum absolute atomic E-state index is 11.7. The molecule has 6 heteroatoms. The molecule has 1 heterocycles. The summed E-state index contributed by atoms with van der Waals surface area (Å²) >= 11 is 0. The molecule has 0 radical (unpaired) electrons. The largest absolute Gasteiger partial charge is 0.459 e. The predicted molar refractivity (Wildman–Crippen MR) is 72.4 cm³/mol. The Kier molecular flexibility index (Phi) is 5.74. The number of ether oxygens (including phenoxy) is 3. The van der Waals surface area contributed by atoms with Gasteiger partial charge in [0.05, 0.1) is 6.61 Å². The third-order valence-corrected chi connectivity index (χ3v) is 2.46. The van der Waals surface area contributed by atoms with Crippen LogP contribution in [0.2, 0.25) is 0 Å². The molecule has 0 aliphatic carbocycles. The van der Waals surface area contributed by atoms with Gasteiger partial charge >= 0.3 is 5.97 Å². The summed E-state index contributed by atoms with van der Waals surface area (Å²) in [5.41, 5.74) is -0.0544. The first kappa shape index (κ1) is 16.2. The van der Waals surface area contributed by atoms with Gasteiger partial charge < -0.3 is 19.1 Å². The quantitative estimate of drug-likeness (QED) is 0.326. The molecular weight excluding hydrogens is 260 g/mol. The summed E-state index contributed by atoms with van der Waals surface area (Å²) in [7, 11) is 3.68. The van der Waals surface area contributed by atoms with Gasteiger partial charge in [0.15, 0.2) is 5.79 Å². The van der Waals surface area contributed by atoms with Gasteiger partial charge in [0, 0.05) is 14.1 Å². The van der Waals surface area contributed by atoms with E-state index in [0.29, 0.717) is 6.61 Å². The molecule has 0 aromatic carbocycles. The van der Waals surface area contributed by atoms with Crippen LogP contribution in [0.4, 0.5) is 0 Å². The van der Waals surface area contributed by atoms with Gasteiger partial charge in [-0.3, -0.25) is 0 Å². The Hall–Kier alpha value is -1.84. The minimum absolute atomic E-state index is 0.0544. The summed E-state index contributed by atoms with van der Waals surface area (Å²) < 4.78 is 15.9. The van der Waals surface area contributed by atoms with Crippen LogP contribution in [-0.4, -0.2) is 50.1 Å². The van der Waals surface area contributed by atoms with Crippen LogP contribution in [0.5, 0.6) is 0 Å². The van der Waals surface area contributed by atoms with Crippen LogP contribution in [-0.2, 0) is 19.0 Å². The Morgan fingerprint density at radius 2 is 2.25 bits per heavy atom. The zero-order valence-electron chi connectivity index (χ0n) is 12.3. The van der Waals surface area contributed by atoms with Crippen LogP contribution in [0, 0.1) is 11.3 Å². The highest BCUT2D eigenvalue weighted by molar-refractivity contribution is 5.93. The molecule has 0 aromatic rings. The Labute approximate surface area is 119 Å². The molecule has 6 nitrogen and oxygen atoms in total. The van der Waals surface area contributed by atoms with E-state index in [9.17, 15) is 4.79 Å². The van der Waals surface area contributed by atoms with E-state index in [1.807, 2.05) is 20.2 Å². The first-order valence-corrected chi connectivity index (χ1v) is 6.28. The standard InChI is InChI=1S/C14H20N2O4/c1-14(2)19-10-12(20-14)9-18-13(17)11(8-15)6-5-7-16(3)4/h5-7,12H,9-10H2,1-4H3/b7-5+,11-6+. The molecule has 110 valence electrons. The van der Waals surface area contributed by atoms with E-state index in [1.54, 1.807) is 31.0 Å². The van der Waals surface area contributed by atoms with Crippen molar-refractivity contribution in [3.8, 4) is 6.07 Å². The highest BCUT2D eigenvalue weighted by Gasteiger charge is 2.33. The second kappa shape index (κ2) is 7.08. The molecule has 1 unspecified atom stereocenters. The number of allylic oxidation sites excluding steroid dienone is 2. The smallest absolute Gasteiger partial charge is 0.348 e. The van der Waals surface area contributed by atoms with Gasteiger partial charge in [-0.25, -0.2) is 4.79 Å². The minimum Gasteiger partial charge on any atom is -0.459 e. The number of hydrogen-bond donors (Lipinski definition) is 0. The molecule has 1 aliphatic heterocycles. The van der Waals surface area contributed by atoms with Gasteiger partial charge in [0.2, 0.25) is 0 Å². The van der Waals surface area contributed by atoms with Gasteiger partial charge in [-0.2, -0.15) is 5.26 Å². The number of rotatable bonds is 5. The molecule has 1 saturated heterocycles. The Morgan fingerprint density at radius 1 is 1.55 bits per heavy atom. The number of esters is 1. The fraction of sp³-hybridized carbons (Fsp3) is 0.571. The van der Waals surface area contributed by atoms with Crippen LogP contribution in [0.25, 0.3) is 0 Å². The van der Waals surface area contributed by atoms with Crippen LogP contribution in [0.3, 0.4) is 0 Å². The second-order valence-electron chi connectivity index (χ2n) is 5.05. The molecule has 1 rings (SSSR count). The maximum Gasteiger partial charge on any atom is 0.348 e. The van der Waals surface area contributed by atoms with E-state index < -0.39 is 11.8 Å². The first-order chi connectivity index (χ1) is 9.34. The monoisotopic (exact) mass is 280 g/mol. The highest BCUT2D eigenvalue weighted by atomic mass is 16.7. The van der Waals surface area contributed by atoms with Crippen molar-refractivity contribution in [1.82, 2.24) is 4.90 Å². The van der Waals surface area contributed by atoms with E-state index in [-0.39, 0.29) is 18.3 Å².